The van der Waals surface area contributed by atoms with Crippen LogP contribution in [-0.2, 0) is 0 Å². The van der Waals surface area contributed by atoms with Gasteiger partial charge in [-0.25, -0.2) is 9.59 Å². The summed E-state index contributed by atoms with van der Waals surface area (Å²) in [5, 5.41) is 21.7. The van der Waals surface area contributed by atoms with E-state index in [2.05, 4.69) is 5.32 Å². The number of phenolic OH excluding ortho intramolecular Hbond substituents is 1. The summed E-state index contributed by atoms with van der Waals surface area (Å²) in [6.45, 7) is 0. The largest absolute Gasteiger partial charge is 0.505 e. The second kappa shape index (κ2) is 5.72. The van der Waals surface area contributed by atoms with Crippen LogP contribution in [0.3, 0.4) is 0 Å². The minimum Gasteiger partial charge on any atom is -0.505 e. The molecule has 0 atom stereocenters. The van der Waals surface area contributed by atoms with E-state index in [-0.39, 0.29) is 27.6 Å². The number of carbonyl (C=O) groups is 2. The average molecular weight is 307 g/mol. The van der Waals surface area contributed by atoms with Gasteiger partial charge in [-0.05, 0) is 29.8 Å². The molecule has 0 saturated carbocycles. The van der Waals surface area contributed by atoms with Gasteiger partial charge in [0.25, 0.3) is 0 Å². The topological polar surface area (TPSA) is 113 Å². The summed E-state index contributed by atoms with van der Waals surface area (Å²) in [7, 11) is 0. The van der Waals surface area contributed by atoms with Gasteiger partial charge in [0, 0.05) is 10.6 Å². The number of urea groups is 1. The maximum Gasteiger partial charge on any atom is 0.335 e. The summed E-state index contributed by atoms with van der Waals surface area (Å²) in [4.78, 5) is 21.9. The smallest absolute Gasteiger partial charge is 0.335 e. The minimum absolute atomic E-state index is 0.0470. The Morgan fingerprint density at radius 1 is 1.19 bits per heavy atom. The maximum absolute atomic E-state index is 11.0. The number of carboxylic acid groups (broad SMARTS) is 1. The molecule has 0 bridgehead atoms. The summed E-state index contributed by atoms with van der Waals surface area (Å²) in [5.41, 5.74) is 5.86. The van der Waals surface area contributed by atoms with E-state index in [1.54, 1.807) is 12.1 Å². The van der Waals surface area contributed by atoms with Crippen molar-refractivity contribution in [1.82, 2.24) is 0 Å². The molecule has 0 aliphatic carbocycles. The Kier molecular flexibility index (Phi) is 4.00. The summed E-state index contributed by atoms with van der Waals surface area (Å²) in [5.74, 6) is -1.34. The SMILES string of the molecule is NC(=O)Nc1cc(Cl)cc(-c2cccc(C(=O)O)c2)c1O. The number of carbonyl (C=O) groups excluding carboxylic acids is 1. The molecule has 2 amide bonds. The predicted molar refractivity (Wildman–Crippen MR) is 78.7 cm³/mol. The number of nitrogens with two attached hydrogens (primary N) is 1. The fourth-order valence-corrected chi connectivity index (χ4v) is 2.09. The highest BCUT2D eigenvalue weighted by atomic mass is 35.5. The number of amides is 2. The quantitative estimate of drug-likeness (QED) is 0.653. The molecule has 0 aromatic heterocycles. The van der Waals surface area contributed by atoms with Crippen molar-refractivity contribution in [3.8, 4) is 16.9 Å². The van der Waals surface area contributed by atoms with Crippen LogP contribution in [0.1, 0.15) is 10.4 Å². The Balaban J connectivity index is 2.58. The van der Waals surface area contributed by atoms with E-state index in [0.717, 1.165) is 0 Å². The molecule has 5 N–H and O–H groups in total. The summed E-state index contributed by atoms with van der Waals surface area (Å²) in [6, 6.07) is 7.93. The van der Waals surface area contributed by atoms with Crippen LogP contribution in [0.25, 0.3) is 11.1 Å². The van der Waals surface area contributed by atoms with Gasteiger partial charge in [-0.15, -0.1) is 0 Å². The zero-order valence-corrected chi connectivity index (χ0v) is 11.4. The standard InChI is InChI=1S/C14H11ClN2O4/c15-9-5-10(12(18)11(6-9)17-14(16)21)7-2-1-3-8(4-7)13(19)20/h1-6,18H,(H,19,20)(H3,16,17,21). The van der Waals surface area contributed by atoms with Crippen molar-refractivity contribution in [3.63, 3.8) is 0 Å². The third kappa shape index (κ3) is 3.24. The van der Waals surface area contributed by atoms with Crippen LogP contribution < -0.4 is 11.1 Å². The third-order valence-corrected chi connectivity index (χ3v) is 2.97. The molecule has 2 aromatic carbocycles. The van der Waals surface area contributed by atoms with Gasteiger partial charge < -0.3 is 21.3 Å². The zero-order valence-electron chi connectivity index (χ0n) is 10.6. The first-order chi connectivity index (χ1) is 9.88. The molecule has 21 heavy (non-hydrogen) atoms. The predicted octanol–water partition coefficient (Wildman–Crippen LogP) is 2.90. The molecular weight excluding hydrogens is 296 g/mol. The Bertz CT molecular complexity index is 731. The Morgan fingerprint density at radius 3 is 2.52 bits per heavy atom. The van der Waals surface area contributed by atoms with Gasteiger partial charge in [-0.1, -0.05) is 23.7 Å². The number of carboxylic acids is 1. The van der Waals surface area contributed by atoms with Crippen molar-refractivity contribution >= 4 is 29.3 Å². The number of hydrogen-bond donors (Lipinski definition) is 4. The van der Waals surface area contributed by atoms with Crippen molar-refractivity contribution in [2.24, 2.45) is 5.73 Å². The van der Waals surface area contributed by atoms with Crippen LogP contribution in [0.15, 0.2) is 36.4 Å². The number of phenols is 1. The Hall–Kier alpha value is -2.73. The van der Waals surface area contributed by atoms with E-state index in [4.69, 9.17) is 22.4 Å². The molecular formula is C14H11ClN2O4. The van der Waals surface area contributed by atoms with Crippen LogP contribution in [0.2, 0.25) is 5.02 Å². The van der Waals surface area contributed by atoms with Crippen LogP contribution >= 0.6 is 11.6 Å². The number of halogens is 1. The molecule has 0 saturated heterocycles. The van der Waals surface area contributed by atoms with E-state index in [0.29, 0.717) is 5.56 Å². The Morgan fingerprint density at radius 2 is 1.90 bits per heavy atom. The molecule has 2 aromatic rings. The maximum atomic E-state index is 11.0. The van der Waals surface area contributed by atoms with Crippen LogP contribution in [0.4, 0.5) is 10.5 Å². The third-order valence-electron chi connectivity index (χ3n) is 2.75. The van der Waals surface area contributed by atoms with E-state index in [1.165, 1.54) is 24.3 Å². The van der Waals surface area contributed by atoms with Gasteiger partial charge in [0.15, 0.2) is 0 Å². The highest BCUT2D eigenvalue weighted by Crippen LogP contribution is 2.38. The summed E-state index contributed by atoms with van der Waals surface area (Å²) < 4.78 is 0. The molecule has 0 spiro atoms. The average Bonchev–Trinajstić information content (AvgIpc) is 2.42. The lowest BCUT2D eigenvalue weighted by Crippen LogP contribution is -2.19. The molecule has 0 unspecified atom stereocenters. The van der Waals surface area contributed by atoms with Crippen molar-refractivity contribution in [3.05, 3.63) is 47.0 Å². The highest BCUT2D eigenvalue weighted by molar-refractivity contribution is 6.31. The summed E-state index contributed by atoms with van der Waals surface area (Å²) in [6.07, 6.45) is 0. The second-order valence-electron chi connectivity index (χ2n) is 4.22. The minimum atomic E-state index is -1.09. The van der Waals surface area contributed by atoms with Crippen LogP contribution in [-0.4, -0.2) is 22.2 Å². The molecule has 0 fully saturated rings. The van der Waals surface area contributed by atoms with Gasteiger partial charge >= 0.3 is 12.0 Å². The van der Waals surface area contributed by atoms with Crippen LogP contribution in [0.5, 0.6) is 5.75 Å². The number of primary amides is 1. The van der Waals surface area contributed by atoms with Crippen molar-refractivity contribution in [1.29, 1.82) is 0 Å². The number of aromatic carboxylic acids is 1. The molecule has 0 radical (unpaired) electrons. The second-order valence-corrected chi connectivity index (χ2v) is 4.66. The first-order valence-corrected chi connectivity index (χ1v) is 6.19. The van der Waals surface area contributed by atoms with Gasteiger partial charge in [0.05, 0.1) is 11.3 Å². The first kappa shape index (κ1) is 14.7. The molecule has 2 rings (SSSR count). The fourth-order valence-electron chi connectivity index (χ4n) is 1.87. The van der Waals surface area contributed by atoms with Crippen molar-refractivity contribution in [2.75, 3.05) is 5.32 Å². The normalized spacial score (nSPS) is 10.1. The number of nitrogens with one attached hydrogen (secondary N) is 1. The van der Waals surface area contributed by atoms with E-state index in [1.807, 2.05) is 0 Å². The van der Waals surface area contributed by atoms with E-state index < -0.39 is 12.0 Å². The lowest BCUT2D eigenvalue weighted by molar-refractivity contribution is 0.0697. The van der Waals surface area contributed by atoms with Crippen molar-refractivity contribution in [2.45, 2.75) is 0 Å². The van der Waals surface area contributed by atoms with Gasteiger partial charge in [0.2, 0.25) is 0 Å². The van der Waals surface area contributed by atoms with E-state index >= 15 is 0 Å². The number of rotatable bonds is 3. The number of anilines is 1. The molecule has 0 heterocycles. The zero-order chi connectivity index (χ0) is 15.6. The molecule has 7 heteroatoms. The first-order valence-electron chi connectivity index (χ1n) is 5.81. The van der Waals surface area contributed by atoms with E-state index in [9.17, 15) is 14.7 Å². The highest BCUT2D eigenvalue weighted by Gasteiger charge is 2.14. The van der Waals surface area contributed by atoms with Gasteiger partial charge in [-0.3, -0.25) is 0 Å². The molecule has 108 valence electrons. The number of hydrogen-bond acceptors (Lipinski definition) is 3. The lowest BCUT2D eigenvalue weighted by Gasteiger charge is -2.11. The fraction of sp³-hybridized carbons (Fsp3) is 0. The monoisotopic (exact) mass is 306 g/mol. The van der Waals surface area contributed by atoms with Crippen molar-refractivity contribution < 1.29 is 19.8 Å². The van der Waals surface area contributed by atoms with Crippen LogP contribution in [0, 0.1) is 0 Å². The van der Waals surface area contributed by atoms with Gasteiger partial charge in [0.1, 0.15) is 5.75 Å². The number of aromatic hydroxyl groups is 1. The molecule has 6 nitrogen and oxygen atoms in total. The molecule has 0 aliphatic rings. The Labute approximate surface area is 124 Å². The lowest BCUT2D eigenvalue weighted by atomic mass is 10.0. The summed E-state index contributed by atoms with van der Waals surface area (Å²) >= 11 is 5.94. The number of benzene rings is 2. The molecule has 0 aliphatic heterocycles. The van der Waals surface area contributed by atoms with Gasteiger partial charge in [-0.2, -0.15) is 0 Å².